The average Bonchev–Trinajstić information content (AvgIpc) is 2.69. The van der Waals surface area contributed by atoms with E-state index in [1.54, 1.807) is 4.90 Å². The van der Waals surface area contributed by atoms with E-state index >= 15 is 0 Å². The van der Waals surface area contributed by atoms with Crippen LogP contribution in [0.15, 0.2) is 0 Å². The molecule has 0 N–H and O–H groups in total. The molecule has 3 nitrogen and oxygen atoms in total. The van der Waals surface area contributed by atoms with Gasteiger partial charge in [-0.2, -0.15) is 5.26 Å². The summed E-state index contributed by atoms with van der Waals surface area (Å²) in [7, 11) is 0. The molecule has 0 spiro atoms. The monoisotopic (exact) mass is 198 g/mol. The first-order valence-electron chi connectivity index (χ1n) is 4.56. The standard InChI is InChI=1S/C9H11ClN2O/c10-7(4-11)5-12-8-2-1-6(3-8)9(12)13/h6-8H,1-3,5H2. The van der Waals surface area contributed by atoms with Gasteiger partial charge >= 0.3 is 0 Å². The molecule has 1 aliphatic heterocycles. The van der Waals surface area contributed by atoms with Gasteiger partial charge < -0.3 is 4.90 Å². The van der Waals surface area contributed by atoms with E-state index in [9.17, 15) is 4.79 Å². The van der Waals surface area contributed by atoms with E-state index in [2.05, 4.69) is 0 Å². The second-order valence-corrected chi connectivity index (χ2v) is 4.28. The molecule has 2 aliphatic rings. The summed E-state index contributed by atoms with van der Waals surface area (Å²) in [5, 5.41) is 7.98. The van der Waals surface area contributed by atoms with Crippen LogP contribution in [0, 0.1) is 17.2 Å². The zero-order valence-corrected chi connectivity index (χ0v) is 8.00. The summed E-state index contributed by atoms with van der Waals surface area (Å²) in [6.45, 7) is 0.401. The second kappa shape index (κ2) is 3.19. The molecule has 0 aromatic heterocycles. The van der Waals surface area contributed by atoms with Crippen molar-refractivity contribution in [3.05, 3.63) is 0 Å². The van der Waals surface area contributed by atoms with Crippen molar-refractivity contribution < 1.29 is 4.79 Å². The molecule has 1 heterocycles. The third-order valence-electron chi connectivity index (χ3n) is 2.98. The van der Waals surface area contributed by atoms with Crippen molar-refractivity contribution in [3.8, 4) is 6.07 Å². The van der Waals surface area contributed by atoms with E-state index in [-0.39, 0.29) is 11.8 Å². The molecule has 1 saturated carbocycles. The SMILES string of the molecule is N#CC(Cl)CN1C(=O)C2CCC1C2. The molecule has 1 amide bonds. The van der Waals surface area contributed by atoms with Gasteiger partial charge in [-0.1, -0.05) is 0 Å². The lowest BCUT2D eigenvalue weighted by molar-refractivity contribution is -0.133. The number of hydrogen-bond donors (Lipinski definition) is 0. The number of halogens is 1. The number of rotatable bonds is 2. The van der Waals surface area contributed by atoms with Gasteiger partial charge in [0.05, 0.1) is 12.6 Å². The van der Waals surface area contributed by atoms with Crippen molar-refractivity contribution in [1.82, 2.24) is 4.90 Å². The van der Waals surface area contributed by atoms with Crippen LogP contribution in [-0.4, -0.2) is 28.8 Å². The van der Waals surface area contributed by atoms with E-state index in [0.717, 1.165) is 19.3 Å². The van der Waals surface area contributed by atoms with E-state index in [0.29, 0.717) is 12.6 Å². The van der Waals surface area contributed by atoms with Gasteiger partial charge in [0.2, 0.25) is 5.91 Å². The van der Waals surface area contributed by atoms with Crippen molar-refractivity contribution in [2.75, 3.05) is 6.54 Å². The van der Waals surface area contributed by atoms with Gasteiger partial charge in [0.15, 0.2) is 0 Å². The summed E-state index contributed by atoms with van der Waals surface area (Å²) in [5.74, 6) is 0.435. The Hall–Kier alpha value is -0.750. The zero-order chi connectivity index (χ0) is 9.42. The Labute approximate surface area is 82.3 Å². The summed E-state index contributed by atoms with van der Waals surface area (Å²) in [6, 6.07) is 2.31. The molecule has 2 rings (SSSR count). The fourth-order valence-electron chi connectivity index (χ4n) is 2.33. The Morgan fingerprint density at radius 3 is 3.00 bits per heavy atom. The van der Waals surface area contributed by atoms with Crippen molar-refractivity contribution >= 4 is 17.5 Å². The lowest BCUT2D eigenvalue weighted by Crippen LogP contribution is -2.40. The molecule has 2 fully saturated rings. The van der Waals surface area contributed by atoms with Crippen molar-refractivity contribution in [1.29, 1.82) is 5.26 Å². The largest absolute Gasteiger partial charge is 0.337 e. The summed E-state index contributed by atoms with van der Waals surface area (Å²) in [4.78, 5) is 13.4. The molecule has 0 radical (unpaired) electrons. The van der Waals surface area contributed by atoms with Crippen LogP contribution < -0.4 is 0 Å². The number of alkyl halides is 1. The van der Waals surface area contributed by atoms with Crippen LogP contribution in [0.4, 0.5) is 0 Å². The average molecular weight is 199 g/mol. The fourth-order valence-corrected chi connectivity index (χ4v) is 2.48. The molecule has 1 aliphatic carbocycles. The normalized spacial score (nSPS) is 33.5. The summed E-state index contributed by atoms with van der Waals surface area (Å²) in [6.07, 6.45) is 3.10. The number of nitriles is 1. The number of nitrogens with zero attached hydrogens (tertiary/aromatic N) is 2. The van der Waals surface area contributed by atoms with E-state index in [1.807, 2.05) is 6.07 Å². The first-order valence-corrected chi connectivity index (χ1v) is 5.00. The van der Waals surface area contributed by atoms with Gasteiger partial charge in [-0.3, -0.25) is 4.79 Å². The lowest BCUT2D eigenvalue weighted by Gasteiger charge is -2.27. The van der Waals surface area contributed by atoms with Crippen LogP contribution in [0.3, 0.4) is 0 Å². The predicted octanol–water partition coefficient (Wildman–Crippen LogP) is 1.13. The third kappa shape index (κ3) is 1.40. The Morgan fingerprint density at radius 1 is 1.69 bits per heavy atom. The molecular weight excluding hydrogens is 188 g/mol. The third-order valence-corrected chi connectivity index (χ3v) is 3.21. The predicted molar refractivity (Wildman–Crippen MR) is 48.1 cm³/mol. The Kier molecular flexibility index (Phi) is 2.17. The van der Waals surface area contributed by atoms with Gasteiger partial charge in [0.1, 0.15) is 5.38 Å². The molecule has 3 unspecified atom stereocenters. The number of carbonyl (C=O) groups excluding carboxylic acids is 1. The van der Waals surface area contributed by atoms with Gasteiger partial charge in [-0.15, -0.1) is 11.6 Å². The second-order valence-electron chi connectivity index (χ2n) is 3.75. The van der Waals surface area contributed by atoms with E-state index in [4.69, 9.17) is 16.9 Å². The minimum absolute atomic E-state index is 0.206. The smallest absolute Gasteiger partial charge is 0.226 e. The summed E-state index contributed by atoms with van der Waals surface area (Å²) < 4.78 is 0. The maximum absolute atomic E-state index is 11.6. The van der Waals surface area contributed by atoms with Crippen molar-refractivity contribution in [2.45, 2.75) is 30.7 Å². The minimum Gasteiger partial charge on any atom is -0.337 e. The highest BCUT2D eigenvalue weighted by molar-refractivity contribution is 6.22. The summed E-state index contributed by atoms with van der Waals surface area (Å²) >= 11 is 5.69. The topological polar surface area (TPSA) is 44.1 Å². The summed E-state index contributed by atoms with van der Waals surface area (Å²) in [5.41, 5.74) is 0. The molecule has 0 aromatic carbocycles. The Bertz CT molecular complexity index is 273. The van der Waals surface area contributed by atoms with Crippen LogP contribution in [0.1, 0.15) is 19.3 Å². The zero-order valence-electron chi connectivity index (χ0n) is 7.24. The van der Waals surface area contributed by atoms with Gasteiger partial charge in [0.25, 0.3) is 0 Å². The van der Waals surface area contributed by atoms with Crippen LogP contribution in [0.5, 0.6) is 0 Å². The quantitative estimate of drug-likeness (QED) is 0.625. The number of fused-ring (bicyclic) bond motifs is 2. The number of amides is 1. The van der Waals surface area contributed by atoms with Crippen LogP contribution in [0.25, 0.3) is 0 Å². The minimum atomic E-state index is -0.553. The van der Waals surface area contributed by atoms with Gasteiger partial charge in [-0.25, -0.2) is 0 Å². The molecular formula is C9H11ClN2O. The van der Waals surface area contributed by atoms with Crippen molar-refractivity contribution in [2.24, 2.45) is 5.92 Å². The van der Waals surface area contributed by atoms with Crippen molar-refractivity contribution in [3.63, 3.8) is 0 Å². The van der Waals surface area contributed by atoms with Crippen LogP contribution in [0.2, 0.25) is 0 Å². The number of carbonyl (C=O) groups is 1. The molecule has 1 saturated heterocycles. The first kappa shape index (κ1) is 8.83. The highest BCUT2D eigenvalue weighted by Crippen LogP contribution is 2.38. The molecule has 0 aromatic rings. The lowest BCUT2D eigenvalue weighted by atomic mass is 10.1. The van der Waals surface area contributed by atoms with E-state index in [1.165, 1.54) is 0 Å². The number of hydrogen-bond acceptors (Lipinski definition) is 2. The van der Waals surface area contributed by atoms with Gasteiger partial charge in [0, 0.05) is 12.0 Å². The molecule has 70 valence electrons. The Morgan fingerprint density at radius 2 is 2.46 bits per heavy atom. The van der Waals surface area contributed by atoms with Gasteiger partial charge in [-0.05, 0) is 19.3 Å². The Balaban J connectivity index is 2.01. The fraction of sp³-hybridized carbons (Fsp3) is 0.778. The highest BCUT2D eigenvalue weighted by Gasteiger charge is 2.44. The highest BCUT2D eigenvalue weighted by atomic mass is 35.5. The number of piperidine rings is 1. The van der Waals surface area contributed by atoms with Crippen LogP contribution in [-0.2, 0) is 4.79 Å². The molecule has 4 heteroatoms. The number of likely N-dealkylation sites (tertiary alicyclic amines) is 1. The maximum atomic E-state index is 11.6. The van der Waals surface area contributed by atoms with Crippen LogP contribution >= 0.6 is 11.6 Å². The van der Waals surface area contributed by atoms with E-state index < -0.39 is 5.38 Å². The maximum Gasteiger partial charge on any atom is 0.226 e. The molecule has 2 bridgehead atoms. The molecule has 3 atom stereocenters. The first-order chi connectivity index (χ1) is 6.22. The molecule has 13 heavy (non-hydrogen) atoms.